The highest BCUT2D eigenvalue weighted by Gasteiger charge is 2.32. The van der Waals surface area contributed by atoms with E-state index in [9.17, 15) is 23.1 Å². The van der Waals surface area contributed by atoms with Gasteiger partial charge in [-0.15, -0.1) is 13.2 Å². The molecular formula is C13H14F3NO3. The van der Waals surface area contributed by atoms with Crippen molar-refractivity contribution in [1.82, 2.24) is 0 Å². The molecule has 2 N–H and O–H groups in total. The molecule has 0 radical (unpaired) electrons. The van der Waals surface area contributed by atoms with E-state index in [1.165, 1.54) is 12.1 Å². The zero-order valence-corrected chi connectivity index (χ0v) is 10.5. The summed E-state index contributed by atoms with van der Waals surface area (Å²) in [7, 11) is 0. The van der Waals surface area contributed by atoms with Crippen molar-refractivity contribution in [3.8, 4) is 5.75 Å². The van der Waals surface area contributed by atoms with Gasteiger partial charge in [0.25, 0.3) is 0 Å². The summed E-state index contributed by atoms with van der Waals surface area (Å²) in [6.07, 6.45) is -3.39. The average Bonchev–Trinajstić information content (AvgIpc) is 2.76. The van der Waals surface area contributed by atoms with Crippen molar-refractivity contribution in [3.05, 3.63) is 24.3 Å². The van der Waals surface area contributed by atoms with Crippen molar-refractivity contribution in [2.75, 3.05) is 5.32 Å². The van der Waals surface area contributed by atoms with Crippen LogP contribution in [-0.4, -0.2) is 23.5 Å². The molecule has 0 heterocycles. The van der Waals surface area contributed by atoms with Crippen molar-refractivity contribution in [2.45, 2.75) is 31.7 Å². The number of nitrogens with one attached hydrogen (secondary N) is 1. The number of rotatable bonds is 3. The highest BCUT2D eigenvalue weighted by Crippen LogP contribution is 2.28. The maximum absolute atomic E-state index is 12.0. The summed E-state index contributed by atoms with van der Waals surface area (Å²) in [6.45, 7) is 0. The molecule has 0 spiro atoms. The lowest BCUT2D eigenvalue weighted by Gasteiger charge is -2.15. The highest BCUT2D eigenvalue weighted by molar-refractivity contribution is 5.93. The van der Waals surface area contributed by atoms with Gasteiger partial charge in [-0.1, -0.05) is 0 Å². The van der Waals surface area contributed by atoms with Gasteiger partial charge in [-0.25, -0.2) is 0 Å². The number of benzene rings is 1. The Labute approximate surface area is 113 Å². The van der Waals surface area contributed by atoms with Crippen molar-refractivity contribution in [1.29, 1.82) is 0 Å². The fourth-order valence-electron chi connectivity index (χ4n) is 2.22. The monoisotopic (exact) mass is 289 g/mol. The molecule has 1 aliphatic carbocycles. The summed E-state index contributed by atoms with van der Waals surface area (Å²) in [5.74, 6) is -1.13. The maximum Gasteiger partial charge on any atom is 0.573 e. The van der Waals surface area contributed by atoms with Crippen LogP contribution in [0.4, 0.5) is 18.9 Å². The van der Waals surface area contributed by atoms with Crippen molar-refractivity contribution in [2.24, 2.45) is 5.92 Å². The Hall–Kier alpha value is -1.76. The summed E-state index contributed by atoms with van der Waals surface area (Å²) in [6, 6.07) is 4.88. The summed E-state index contributed by atoms with van der Waals surface area (Å²) in [4.78, 5) is 11.9. The molecule has 0 aliphatic heterocycles. The fourth-order valence-corrected chi connectivity index (χ4v) is 2.22. The van der Waals surface area contributed by atoms with Gasteiger partial charge in [-0.05, 0) is 43.5 Å². The van der Waals surface area contributed by atoms with Crippen LogP contribution in [0.5, 0.6) is 5.75 Å². The number of hydrogen-bond acceptors (Lipinski definition) is 3. The van der Waals surface area contributed by atoms with Gasteiger partial charge in [0.1, 0.15) is 5.75 Å². The molecular weight excluding hydrogens is 275 g/mol. The molecule has 1 aliphatic rings. The Balaban J connectivity index is 1.95. The minimum Gasteiger partial charge on any atom is -0.406 e. The average molecular weight is 289 g/mol. The zero-order valence-electron chi connectivity index (χ0n) is 10.5. The number of halogens is 3. The summed E-state index contributed by atoms with van der Waals surface area (Å²) >= 11 is 0. The van der Waals surface area contributed by atoms with Gasteiger partial charge < -0.3 is 15.2 Å². The van der Waals surface area contributed by atoms with Gasteiger partial charge in [0.2, 0.25) is 5.91 Å². The van der Waals surface area contributed by atoms with Crippen LogP contribution in [0.1, 0.15) is 19.3 Å². The molecule has 1 aromatic rings. The topological polar surface area (TPSA) is 58.6 Å². The van der Waals surface area contributed by atoms with Crippen LogP contribution in [0.3, 0.4) is 0 Å². The first-order valence-electron chi connectivity index (χ1n) is 6.20. The molecule has 20 heavy (non-hydrogen) atoms. The number of hydrogen-bond donors (Lipinski definition) is 2. The van der Waals surface area contributed by atoms with E-state index >= 15 is 0 Å². The molecule has 1 saturated carbocycles. The maximum atomic E-state index is 12.0. The first kappa shape index (κ1) is 14.6. The number of ether oxygens (including phenoxy) is 1. The number of carbonyl (C=O) groups excluding carboxylic acids is 1. The van der Waals surface area contributed by atoms with E-state index in [4.69, 9.17) is 0 Å². The molecule has 0 aromatic heterocycles. The Morgan fingerprint density at radius 3 is 2.40 bits per heavy atom. The Morgan fingerprint density at radius 2 is 1.90 bits per heavy atom. The van der Waals surface area contributed by atoms with Crippen LogP contribution in [0.15, 0.2) is 24.3 Å². The van der Waals surface area contributed by atoms with E-state index in [1.807, 2.05) is 0 Å². The number of aliphatic hydroxyl groups is 1. The number of carbonyl (C=O) groups is 1. The van der Waals surface area contributed by atoms with Gasteiger partial charge in [-0.2, -0.15) is 0 Å². The second-order valence-corrected chi connectivity index (χ2v) is 4.67. The predicted molar refractivity (Wildman–Crippen MR) is 65.1 cm³/mol. The van der Waals surface area contributed by atoms with E-state index < -0.39 is 18.4 Å². The minimum absolute atomic E-state index is 0.320. The third-order valence-electron chi connectivity index (χ3n) is 3.17. The number of alkyl halides is 3. The van der Waals surface area contributed by atoms with E-state index in [1.54, 1.807) is 0 Å². The lowest BCUT2D eigenvalue weighted by molar-refractivity contribution is -0.274. The summed E-state index contributed by atoms with van der Waals surface area (Å²) in [5, 5.41) is 12.2. The van der Waals surface area contributed by atoms with Crippen molar-refractivity contribution in [3.63, 3.8) is 0 Å². The molecule has 4 nitrogen and oxygen atoms in total. The van der Waals surface area contributed by atoms with E-state index in [0.29, 0.717) is 18.5 Å². The van der Waals surface area contributed by atoms with E-state index in [2.05, 4.69) is 10.1 Å². The summed E-state index contributed by atoms with van der Waals surface area (Å²) < 4.78 is 39.7. The zero-order chi connectivity index (χ0) is 14.8. The molecule has 1 aromatic carbocycles. The van der Waals surface area contributed by atoms with Gasteiger partial charge >= 0.3 is 6.36 Å². The van der Waals surface area contributed by atoms with Gasteiger partial charge in [0, 0.05) is 5.69 Å². The van der Waals surface area contributed by atoms with Crippen LogP contribution < -0.4 is 10.1 Å². The Kier molecular flexibility index (Phi) is 4.17. The van der Waals surface area contributed by atoms with Gasteiger partial charge in [0.05, 0.1) is 12.0 Å². The Morgan fingerprint density at radius 1 is 1.25 bits per heavy atom. The van der Waals surface area contributed by atoms with Gasteiger partial charge in [-0.3, -0.25) is 4.79 Å². The third kappa shape index (κ3) is 3.86. The van der Waals surface area contributed by atoms with Gasteiger partial charge in [0.15, 0.2) is 0 Å². The second kappa shape index (κ2) is 5.70. The SMILES string of the molecule is O=C(Nc1ccc(OC(F)(F)F)cc1)C1CCCC1O. The molecule has 0 saturated heterocycles. The van der Waals surface area contributed by atoms with Crippen LogP contribution in [0.25, 0.3) is 0 Å². The normalized spacial score (nSPS) is 22.6. The molecule has 1 fully saturated rings. The lowest BCUT2D eigenvalue weighted by Crippen LogP contribution is -2.28. The molecule has 2 rings (SSSR count). The molecule has 2 atom stereocenters. The van der Waals surface area contributed by atoms with Crippen molar-refractivity contribution >= 4 is 11.6 Å². The molecule has 110 valence electrons. The fraction of sp³-hybridized carbons (Fsp3) is 0.462. The van der Waals surface area contributed by atoms with Crippen LogP contribution >= 0.6 is 0 Å². The molecule has 1 amide bonds. The van der Waals surface area contributed by atoms with Crippen LogP contribution in [0.2, 0.25) is 0 Å². The number of amides is 1. The van der Waals surface area contributed by atoms with Crippen LogP contribution in [-0.2, 0) is 4.79 Å². The smallest absolute Gasteiger partial charge is 0.406 e. The summed E-state index contributed by atoms with van der Waals surface area (Å²) in [5.41, 5.74) is 0.364. The van der Waals surface area contributed by atoms with Crippen LogP contribution in [0, 0.1) is 5.92 Å². The number of aliphatic hydroxyl groups excluding tert-OH is 1. The standard InChI is InChI=1S/C13H14F3NO3/c14-13(15,16)20-9-6-4-8(5-7-9)17-12(19)10-2-1-3-11(10)18/h4-7,10-11,18H,1-3H2,(H,17,19). The predicted octanol–water partition coefficient (Wildman–Crippen LogP) is 2.68. The highest BCUT2D eigenvalue weighted by atomic mass is 19.4. The number of anilines is 1. The van der Waals surface area contributed by atoms with E-state index in [0.717, 1.165) is 18.6 Å². The second-order valence-electron chi connectivity index (χ2n) is 4.67. The largest absolute Gasteiger partial charge is 0.573 e. The molecule has 7 heteroatoms. The quantitative estimate of drug-likeness (QED) is 0.899. The molecule has 2 unspecified atom stereocenters. The van der Waals surface area contributed by atoms with E-state index in [-0.39, 0.29) is 11.7 Å². The molecule has 0 bridgehead atoms. The lowest BCUT2D eigenvalue weighted by atomic mass is 10.1. The first-order valence-corrected chi connectivity index (χ1v) is 6.20. The minimum atomic E-state index is -4.74. The first-order chi connectivity index (χ1) is 9.35. The third-order valence-corrected chi connectivity index (χ3v) is 3.17. The Bertz CT molecular complexity index is 473. The van der Waals surface area contributed by atoms with Crippen molar-refractivity contribution < 1.29 is 27.8 Å².